The zero-order valence-electron chi connectivity index (χ0n) is 11.6. The van der Waals surface area contributed by atoms with Crippen molar-refractivity contribution in [2.75, 3.05) is 6.54 Å². The molecule has 5 heteroatoms. The van der Waals surface area contributed by atoms with Crippen LogP contribution in [0, 0.1) is 13.8 Å². The number of nitrogens with zero attached hydrogens (tertiary/aromatic N) is 1. The third-order valence-electron chi connectivity index (χ3n) is 3.55. The summed E-state index contributed by atoms with van der Waals surface area (Å²) in [5, 5.41) is 19.8. The van der Waals surface area contributed by atoms with Crippen molar-refractivity contribution in [3.8, 4) is 0 Å². The minimum atomic E-state index is -0.795. The Morgan fingerprint density at radius 1 is 1.39 bits per heavy atom. The van der Waals surface area contributed by atoms with E-state index >= 15 is 0 Å². The van der Waals surface area contributed by atoms with E-state index < -0.39 is 5.60 Å². The van der Waals surface area contributed by atoms with Crippen LogP contribution in [-0.2, 0) is 11.2 Å². The fraction of sp³-hybridized carbons (Fsp3) is 0.692. The third-order valence-corrected chi connectivity index (χ3v) is 3.55. The monoisotopic (exact) mass is 253 g/mol. The van der Waals surface area contributed by atoms with Crippen LogP contribution in [0.2, 0.25) is 0 Å². The zero-order chi connectivity index (χ0) is 13.8. The molecule has 0 saturated heterocycles. The van der Waals surface area contributed by atoms with Gasteiger partial charge in [-0.1, -0.05) is 13.8 Å². The van der Waals surface area contributed by atoms with Gasteiger partial charge >= 0.3 is 0 Å². The molecule has 0 spiro atoms. The lowest BCUT2D eigenvalue weighted by Gasteiger charge is -2.25. The number of hydrogen-bond donors (Lipinski definition) is 3. The summed E-state index contributed by atoms with van der Waals surface area (Å²) in [7, 11) is 0. The van der Waals surface area contributed by atoms with Crippen molar-refractivity contribution in [1.29, 1.82) is 0 Å². The maximum Gasteiger partial charge on any atom is 0.224 e. The van der Waals surface area contributed by atoms with E-state index in [1.165, 1.54) is 0 Å². The van der Waals surface area contributed by atoms with Gasteiger partial charge < -0.3 is 10.4 Å². The highest BCUT2D eigenvalue weighted by molar-refractivity contribution is 5.79. The highest BCUT2D eigenvalue weighted by atomic mass is 16.3. The first kappa shape index (κ1) is 14.7. The molecule has 0 fully saturated rings. The Morgan fingerprint density at radius 3 is 2.44 bits per heavy atom. The largest absolute Gasteiger partial charge is 0.388 e. The second-order valence-electron chi connectivity index (χ2n) is 4.80. The number of carbonyl (C=O) groups is 1. The molecule has 18 heavy (non-hydrogen) atoms. The van der Waals surface area contributed by atoms with Crippen molar-refractivity contribution >= 4 is 5.91 Å². The molecule has 0 radical (unpaired) electrons. The normalized spacial score (nSPS) is 11.6. The number of aryl methyl sites for hydroxylation is 2. The van der Waals surface area contributed by atoms with Crippen molar-refractivity contribution in [2.45, 2.75) is 52.6 Å². The van der Waals surface area contributed by atoms with E-state index in [2.05, 4.69) is 15.5 Å². The Morgan fingerprint density at radius 2 is 2.00 bits per heavy atom. The van der Waals surface area contributed by atoms with Crippen molar-refractivity contribution in [3.05, 3.63) is 17.0 Å². The van der Waals surface area contributed by atoms with Crippen molar-refractivity contribution < 1.29 is 9.90 Å². The predicted molar refractivity (Wildman–Crippen MR) is 70.3 cm³/mol. The molecule has 0 aliphatic heterocycles. The van der Waals surface area contributed by atoms with E-state index in [1.54, 1.807) is 0 Å². The minimum Gasteiger partial charge on any atom is -0.388 e. The number of aliphatic hydroxyl groups is 1. The van der Waals surface area contributed by atoms with Gasteiger partial charge in [-0.05, 0) is 26.7 Å². The van der Waals surface area contributed by atoms with Gasteiger partial charge in [0.05, 0.1) is 17.7 Å². The molecule has 1 amide bonds. The van der Waals surface area contributed by atoms with Crippen LogP contribution in [0.1, 0.15) is 43.6 Å². The molecule has 0 aliphatic carbocycles. The summed E-state index contributed by atoms with van der Waals surface area (Å²) in [6.45, 7) is 7.91. The smallest absolute Gasteiger partial charge is 0.224 e. The van der Waals surface area contributed by atoms with Gasteiger partial charge in [-0.3, -0.25) is 9.89 Å². The molecule has 0 aromatic carbocycles. The maximum atomic E-state index is 11.8. The second kappa shape index (κ2) is 6.00. The molecule has 1 aromatic heterocycles. The zero-order valence-corrected chi connectivity index (χ0v) is 11.6. The quantitative estimate of drug-likeness (QED) is 0.713. The van der Waals surface area contributed by atoms with E-state index in [4.69, 9.17) is 0 Å². The van der Waals surface area contributed by atoms with Gasteiger partial charge in [0.2, 0.25) is 5.91 Å². The van der Waals surface area contributed by atoms with Crippen LogP contribution >= 0.6 is 0 Å². The Bertz CT molecular complexity index is 389. The average molecular weight is 253 g/mol. The van der Waals surface area contributed by atoms with Crippen LogP contribution in [-0.4, -0.2) is 33.4 Å². The highest BCUT2D eigenvalue weighted by Crippen LogP contribution is 2.13. The van der Waals surface area contributed by atoms with Gasteiger partial charge in [0.1, 0.15) is 0 Å². The summed E-state index contributed by atoms with van der Waals surface area (Å²) in [6, 6.07) is 0. The summed E-state index contributed by atoms with van der Waals surface area (Å²) in [5.41, 5.74) is 1.91. The minimum absolute atomic E-state index is 0.0806. The third kappa shape index (κ3) is 3.57. The second-order valence-corrected chi connectivity index (χ2v) is 4.80. The van der Waals surface area contributed by atoms with Gasteiger partial charge in [-0.15, -0.1) is 0 Å². The Balaban J connectivity index is 2.53. The van der Waals surface area contributed by atoms with E-state index in [0.29, 0.717) is 25.8 Å². The molecule has 0 atom stereocenters. The van der Waals surface area contributed by atoms with Crippen molar-refractivity contribution in [2.24, 2.45) is 0 Å². The molecular formula is C13H23N3O2. The first-order chi connectivity index (χ1) is 8.41. The lowest BCUT2D eigenvalue weighted by atomic mass is 9.97. The lowest BCUT2D eigenvalue weighted by Crippen LogP contribution is -2.42. The van der Waals surface area contributed by atoms with Crippen LogP contribution in [0.25, 0.3) is 0 Å². The number of amides is 1. The van der Waals surface area contributed by atoms with Gasteiger partial charge in [0.25, 0.3) is 0 Å². The highest BCUT2D eigenvalue weighted by Gasteiger charge is 2.23. The topological polar surface area (TPSA) is 78.0 Å². The molecule has 3 N–H and O–H groups in total. The molecular weight excluding hydrogens is 230 g/mol. The Labute approximate surface area is 108 Å². The number of aromatic amines is 1. The average Bonchev–Trinajstić information content (AvgIpc) is 2.68. The first-order valence-corrected chi connectivity index (χ1v) is 6.41. The first-order valence-electron chi connectivity index (χ1n) is 6.41. The summed E-state index contributed by atoms with van der Waals surface area (Å²) >= 11 is 0. The molecule has 1 rings (SSSR count). The predicted octanol–water partition coefficient (Wildman–Crippen LogP) is 1.24. The SMILES string of the molecule is CCC(O)(CC)CNC(=O)Cc1c(C)n[nH]c1C. The van der Waals surface area contributed by atoms with E-state index in [9.17, 15) is 9.90 Å². The van der Waals surface area contributed by atoms with Crippen LogP contribution < -0.4 is 5.32 Å². The Kier molecular flexibility index (Phi) is 4.90. The number of rotatable bonds is 6. The molecule has 1 aromatic rings. The molecule has 102 valence electrons. The number of nitrogens with one attached hydrogen (secondary N) is 2. The van der Waals surface area contributed by atoms with Crippen LogP contribution in [0.3, 0.4) is 0 Å². The van der Waals surface area contributed by atoms with Gasteiger partial charge in [0.15, 0.2) is 0 Å². The van der Waals surface area contributed by atoms with E-state index in [-0.39, 0.29) is 5.91 Å². The molecule has 0 bridgehead atoms. The number of hydrogen-bond acceptors (Lipinski definition) is 3. The van der Waals surface area contributed by atoms with Gasteiger partial charge in [-0.2, -0.15) is 5.10 Å². The summed E-state index contributed by atoms with van der Waals surface area (Å²) < 4.78 is 0. The van der Waals surface area contributed by atoms with Crippen LogP contribution in [0.15, 0.2) is 0 Å². The number of H-pyrrole nitrogens is 1. The summed E-state index contributed by atoms with van der Waals surface area (Å²) in [4.78, 5) is 11.8. The lowest BCUT2D eigenvalue weighted by molar-refractivity contribution is -0.121. The Hall–Kier alpha value is -1.36. The molecule has 0 aliphatic rings. The van der Waals surface area contributed by atoms with Crippen molar-refractivity contribution in [1.82, 2.24) is 15.5 Å². The fourth-order valence-electron chi connectivity index (χ4n) is 1.82. The summed E-state index contributed by atoms with van der Waals surface area (Å²) in [5.74, 6) is -0.0806. The standard InChI is InChI=1S/C13H23N3O2/c1-5-13(18,6-2)8-14-12(17)7-11-9(3)15-16-10(11)4/h18H,5-8H2,1-4H3,(H,14,17)(H,15,16). The van der Waals surface area contributed by atoms with Crippen LogP contribution in [0.4, 0.5) is 0 Å². The molecule has 1 heterocycles. The van der Waals surface area contributed by atoms with Crippen molar-refractivity contribution in [3.63, 3.8) is 0 Å². The summed E-state index contributed by atoms with van der Waals surface area (Å²) in [6.07, 6.45) is 1.57. The molecule has 5 nitrogen and oxygen atoms in total. The van der Waals surface area contributed by atoms with Gasteiger partial charge in [-0.25, -0.2) is 0 Å². The van der Waals surface area contributed by atoms with E-state index in [0.717, 1.165) is 17.0 Å². The maximum absolute atomic E-state index is 11.8. The fourth-order valence-corrected chi connectivity index (χ4v) is 1.82. The molecule has 0 saturated carbocycles. The van der Waals surface area contributed by atoms with E-state index in [1.807, 2.05) is 27.7 Å². The molecule has 0 unspecified atom stereocenters. The van der Waals surface area contributed by atoms with Crippen LogP contribution in [0.5, 0.6) is 0 Å². The number of carbonyl (C=O) groups excluding carboxylic acids is 1. The number of aromatic nitrogens is 2. The van der Waals surface area contributed by atoms with Gasteiger partial charge in [0, 0.05) is 17.8 Å².